The summed E-state index contributed by atoms with van der Waals surface area (Å²) in [4.78, 5) is 23.5. The Balaban J connectivity index is 1.53. The number of hydrogen-bond acceptors (Lipinski definition) is 7. The SMILES string of the molecule is CC(=O)c1cccc(NC(=O)CSc2nnc(Nc3cccc(F)c3)s2)c1. The third kappa shape index (κ3) is 5.60. The van der Waals surface area contributed by atoms with E-state index in [-0.39, 0.29) is 23.3 Å². The number of amides is 1. The number of rotatable bonds is 7. The predicted octanol–water partition coefficient (Wildman–Crippen LogP) is 4.35. The molecule has 0 spiro atoms. The minimum absolute atomic E-state index is 0.0624. The van der Waals surface area contributed by atoms with E-state index in [0.717, 1.165) is 0 Å². The quantitative estimate of drug-likeness (QED) is 0.451. The van der Waals surface area contributed by atoms with Gasteiger partial charge in [-0.1, -0.05) is 41.3 Å². The maximum atomic E-state index is 13.2. The normalized spacial score (nSPS) is 10.4. The Morgan fingerprint density at radius 2 is 1.89 bits per heavy atom. The van der Waals surface area contributed by atoms with Crippen LogP contribution >= 0.6 is 23.1 Å². The summed E-state index contributed by atoms with van der Waals surface area (Å²) in [6, 6.07) is 12.8. The Hall–Kier alpha value is -2.78. The van der Waals surface area contributed by atoms with Crippen LogP contribution in [-0.4, -0.2) is 27.6 Å². The molecule has 9 heteroatoms. The molecule has 6 nitrogen and oxygen atoms in total. The Labute approximate surface area is 163 Å². The van der Waals surface area contributed by atoms with Crippen molar-refractivity contribution in [3.05, 3.63) is 59.9 Å². The van der Waals surface area contributed by atoms with Gasteiger partial charge in [-0.3, -0.25) is 9.59 Å². The molecule has 0 saturated carbocycles. The zero-order chi connectivity index (χ0) is 19.2. The van der Waals surface area contributed by atoms with E-state index in [1.54, 1.807) is 36.4 Å². The first kappa shape index (κ1) is 19.0. The van der Waals surface area contributed by atoms with Crippen molar-refractivity contribution in [1.82, 2.24) is 10.2 Å². The van der Waals surface area contributed by atoms with Crippen molar-refractivity contribution >= 4 is 51.3 Å². The van der Waals surface area contributed by atoms with Crippen LogP contribution in [0.5, 0.6) is 0 Å². The lowest BCUT2D eigenvalue weighted by Crippen LogP contribution is -2.14. The summed E-state index contributed by atoms with van der Waals surface area (Å²) in [5.41, 5.74) is 1.68. The summed E-state index contributed by atoms with van der Waals surface area (Å²) < 4.78 is 13.8. The Morgan fingerprint density at radius 1 is 1.11 bits per heavy atom. The number of anilines is 3. The van der Waals surface area contributed by atoms with E-state index < -0.39 is 0 Å². The van der Waals surface area contributed by atoms with E-state index in [2.05, 4.69) is 20.8 Å². The molecular weight excluding hydrogens is 387 g/mol. The lowest BCUT2D eigenvalue weighted by molar-refractivity contribution is -0.113. The van der Waals surface area contributed by atoms with Gasteiger partial charge in [0.25, 0.3) is 0 Å². The molecule has 3 rings (SSSR count). The Kier molecular flexibility index (Phi) is 6.15. The first-order valence-corrected chi connectivity index (χ1v) is 9.69. The van der Waals surface area contributed by atoms with Gasteiger partial charge in [0.1, 0.15) is 5.82 Å². The van der Waals surface area contributed by atoms with Crippen molar-refractivity contribution in [3.63, 3.8) is 0 Å². The fourth-order valence-electron chi connectivity index (χ4n) is 2.15. The van der Waals surface area contributed by atoms with E-state index in [1.165, 1.54) is 42.2 Å². The fraction of sp³-hybridized carbons (Fsp3) is 0.111. The van der Waals surface area contributed by atoms with Crippen LogP contribution < -0.4 is 10.6 Å². The van der Waals surface area contributed by atoms with E-state index >= 15 is 0 Å². The van der Waals surface area contributed by atoms with Crippen LogP contribution in [0.15, 0.2) is 52.9 Å². The molecule has 0 aliphatic carbocycles. The predicted molar refractivity (Wildman–Crippen MR) is 105 cm³/mol. The summed E-state index contributed by atoms with van der Waals surface area (Å²) >= 11 is 2.52. The van der Waals surface area contributed by atoms with Crippen LogP contribution in [0.3, 0.4) is 0 Å². The molecule has 1 heterocycles. The summed E-state index contributed by atoms with van der Waals surface area (Å²) in [5.74, 6) is -0.466. The van der Waals surface area contributed by atoms with Gasteiger partial charge >= 0.3 is 0 Å². The van der Waals surface area contributed by atoms with Gasteiger partial charge in [-0.05, 0) is 37.3 Å². The van der Waals surface area contributed by atoms with E-state index in [1.807, 2.05) is 0 Å². The van der Waals surface area contributed by atoms with Crippen LogP contribution in [-0.2, 0) is 4.79 Å². The third-order valence-corrected chi connectivity index (χ3v) is 5.33. The smallest absolute Gasteiger partial charge is 0.234 e. The molecule has 2 aromatic carbocycles. The van der Waals surface area contributed by atoms with E-state index in [4.69, 9.17) is 0 Å². The molecule has 0 atom stereocenters. The maximum Gasteiger partial charge on any atom is 0.234 e. The number of ketones is 1. The number of nitrogens with zero attached hydrogens (tertiary/aromatic N) is 2. The lowest BCUT2D eigenvalue weighted by atomic mass is 10.1. The zero-order valence-corrected chi connectivity index (χ0v) is 15.9. The molecule has 3 aromatic rings. The minimum atomic E-state index is -0.343. The standard InChI is InChI=1S/C18H15FN4O2S2/c1-11(24)12-4-2-6-14(8-12)20-16(25)10-26-18-23-22-17(27-18)21-15-7-3-5-13(19)9-15/h2-9H,10H2,1H3,(H,20,25)(H,21,22). The number of nitrogens with one attached hydrogen (secondary N) is 2. The molecule has 0 aliphatic heterocycles. The van der Waals surface area contributed by atoms with Crippen molar-refractivity contribution < 1.29 is 14.0 Å². The minimum Gasteiger partial charge on any atom is -0.330 e. The van der Waals surface area contributed by atoms with Gasteiger partial charge in [-0.2, -0.15) is 0 Å². The molecule has 0 aliphatic rings. The van der Waals surface area contributed by atoms with Gasteiger partial charge in [-0.25, -0.2) is 4.39 Å². The largest absolute Gasteiger partial charge is 0.330 e. The van der Waals surface area contributed by atoms with Gasteiger partial charge in [0.15, 0.2) is 10.1 Å². The highest BCUT2D eigenvalue weighted by atomic mass is 32.2. The van der Waals surface area contributed by atoms with Crippen molar-refractivity contribution in [2.45, 2.75) is 11.3 Å². The van der Waals surface area contributed by atoms with Gasteiger partial charge in [-0.15, -0.1) is 10.2 Å². The second kappa shape index (κ2) is 8.74. The molecule has 0 unspecified atom stereocenters. The highest BCUT2D eigenvalue weighted by Crippen LogP contribution is 2.28. The monoisotopic (exact) mass is 402 g/mol. The zero-order valence-electron chi connectivity index (χ0n) is 14.2. The molecule has 2 N–H and O–H groups in total. The van der Waals surface area contributed by atoms with E-state index in [9.17, 15) is 14.0 Å². The highest BCUT2D eigenvalue weighted by Gasteiger charge is 2.10. The summed E-state index contributed by atoms with van der Waals surface area (Å²) in [6.07, 6.45) is 0. The number of Topliss-reactive ketones (excluding diaryl/α,β-unsaturated/α-hetero) is 1. The lowest BCUT2D eigenvalue weighted by Gasteiger charge is -2.05. The molecule has 138 valence electrons. The number of carbonyl (C=O) groups excluding carboxylic acids is 2. The average Bonchev–Trinajstić information content (AvgIpc) is 3.07. The maximum absolute atomic E-state index is 13.2. The Bertz CT molecular complexity index is 977. The molecule has 1 aromatic heterocycles. The molecule has 0 bridgehead atoms. The molecule has 0 fully saturated rings. The van der Waals surface area contributed by atoms with Gasteiger partial charge in [0, 0.05) is 16.9 Å². The van der Waals surface area contributed by atoms with Crippen LogP contribution in [0.25, 0.3) is 0 Å². The van der Waals surface area contributed by atoms with Crippen molar-refractivity contribution in [2.24, 2.45) is 0 Å². The number of thioether (sulfide) groups is 1. The third-order valence-electron chi connectivity index (χ3n) is 3.36. The van der Waals surface area contributed by atoms with Crippen LogP contribution in [0.2, 0.25) is 0 Å². The highest BCUT2D eigenvalue weighted by molar-refractivity contribution is 8.01. The van der Waals surface area contributed by atoms with Gasteiger partial charge < -0.3 is 10.6 Å². The number of halogens is 1. The number of hydrogen-bond donors (Lipinski definition) is 2. The number of carbonyl (C=O) groups is 2. The van der Waals surface area contributed by atoms with Gasteiger partial charge in [0.05, 0.1) is 5.75 Å². The molecule has 0 saturated heterocycles. The second-order valence-electron chi connectivity index (χ2n) is 5.48. The molecule has 27 heavy (non-hydrogen) atoms. The van der Waals surface area contributed by atoms with Crippen LogP contribution in [0.4, 0.5) is 20.9 Å². The fourth-order valence-corrected chi connectivity index (χ4v) is 3.72. The number of benzene rings is 2. The summed E-state index contributed by atoms with van der Waals surface area (Å²) in [5, 5.41) is 14.2. The first-order valence-electron chi connectivity index (χ1n) is 7.89. The second-order valence-corrected chi connectivity index (χ2v) is 7.68. The summed E-state index contributed by atoms with van der Waals surface area (Å²) in [7, 11) is 0. The van der Waals surface area contributed by atoms with Crippen molar-refractivity contribution in [3.8, 4) is 0 Å². The first-order chi connectivity index (χ1) is 13.0. The topological polar surface area (TPSA) is 84.0 Å². The Morgan fingerprint density at radius 3 is 2.67 bits per heavy atom. The number of aromatic nitrogens is 2. The molecular formula is C18H15FN4O2S2. The van der Waals surface area contributed by atoms with Crippen molar-refractivity contribution in [2.75, 3.05) is 16.4 Å². The van der Waals surface area contributed by atoms with Crippen LogP contribution in [0, 0.1) is 5.82 Å². The van der Waals surface area contributed by atoms with Crippen molar-refractivity contribution in [1.29, 1.82) is 0 Å². The van der Waals surface area contributed by atoms with Gasteiger partial charge in [0.2, 0.25) is 11.0 Å². The average molecular weight is 402 g/mol. The van der Waals surface area contributed by atoms with Crippen LogP contribution in [0.1, 0.15) is 17.3 Å². The molecule has 1 amide bonds. The van der Waals surface area contributed by atoms with E-state index in [0.29, 0.717) is 26.4 Å². The molecule has 0 radical (unpaired) electrons. The summed E-state index contributed by atoms with van der Waals surface area (Å²) in [6.45, 7) is 1.47.